The molecule has 0 aliphatic carbocycles. The molecule has 0 saturated heterocycles. The lowest BCUT2D eigenvalue weighted by molar-refractivity contribution is 0.0959. The summed E-state index contributed by atoms with van der Waals surface area (Å²) in [4.78, 5) is 37.0. The minimum Gasteiger partial charge on any atom is -0.355 e. The van der Waals surface area contributed by atoms with E-state index in [-0.39, 0.29) is 17.0 Å². The molecule has 3 aromatic heterocycles. The summed E-state index contributed by atoms with van der Waals surface area (Å²) in [6.07, 6.45) is 6.51. The number of aryl methyl sites for hydroxylation is 3. The van der Waals surface area contributed by atoms with Crippen LogP contribution in [0.4, 0.5) is 5.82 Å². The Hall–Kier alpha value is -4.01. The number of rotatable bonds is 5. The molecule has 9 nitrogen and oxygen atoms in total. The molecule has 5 rings (SSSR count). The van der Waals surface area contributed by atoms with E-state index in [4.69, 9.17) is 0 Å². The fourth-order valence-corrected chi connectivity index (χ4v) is 4.51. The third-order valence-corrected chi connectivity index (χ3v) is 6.21. The van der Waals surface area contributed by atoms with Crippen LogP contribution in [0.5, 0.6) is 0 Å². The molecule has 4 aromatic rings. The fraction of sp³-hybridized carbons (Fsp3) is 0.292. The zero-order valence-electron chi connectivity index (χ0n) is 18.7. The first kappa shape index (κ1) is 20.9. The number of fused-ring (bicyclic) bond motifs is 2. The van der Waals surface area contributed by atoms with Gasteiger partial charge in [-0.15, -0.1) is 0 Å². The maximum atomic E-state index is 13.2. The number of hydrogen-bond donors (Lipinski definition) is 1. The van der Waals surface area contributed by atoms with Crippen molar-refractivity contribution in [1.29, 1.82) is 0 Å². The molecule has 1 aromatic carbocycles. The number of carbonyl (C=O) groups excluding carboxylic acids is 1. The third-order valence-electron chi connectivity index (χ3n) is 6.21. The van der Waals surface area contributed by atoms with Gasteiger partial charge in [0.25, 0.3) is 11.5 Å². The Bertz CT molecular complexity index is 1390. The molecule has 0 fully saturated rings. The number of nitrogens with zero attached hydrogens (tertiary/aromatic N) is 6. The lowest BCUT2D eigenvalue weighted by Crippen LogP contribution is -2.39. The molecule has 4 heterocycles. The molecule has 0 unspecified atom stereocenters. The SMILES string of the molecule is CNC(=O)c1c2c(cn(CCc3ccccc3)c1=O)CN(c1ncnc3c1cnn3C)CC2. The normalized spacial score (nSPS) is 13.2. The van der Waals surface area contributed by atoms with E-state index >= 15 is 0 Å². The second-order valence-corrected chi connectivity index (χ2v) is 8.20. The van der Waals surface area contributed by atoms with Crippen LogP contribution in [-0.4, -0.2) is 43.8 Å². The van der Waals surface area contributed by atoms with E-state index in [1.54, 1.807) is 28.8 Å². The number of nitrogens with one attached hydrogen (secondary N) is 1. The Morgan fingerprint density at radius 2 is 2.00 bits per heavy atom. The first-order valence-electron chi connectivity index (χ1n) is 11.0. The summed E-state index contributed by atoms with van der Waals surface area (Å²) in [6, 6.07) is 10.0. The Labute approximate surface area is 190 Å². The number of anilines is 1. The van der Waals surface area contributed by atoms with E-state index in [1.807, 2.05) is 43.6 Å². The molecule has 0 bridgehead atoms. The van der Waals surface area contributed by atoms with Crippen molar-refractivity contribution < 1.29 is 4.79 Å². The maximum absolute atomic E-state index is 13.2. The van der Waals surface area contributed by atoms with Gasteiger partial charge in [0.1, 0.15) is 17.7 Å². The van der Waals surface area contributed by atoms with Crippen molar-refractivity contribution in [3.05, 3.63) is 81.7 Å². The highest BCUT2D eigenvalue weighted by atomic mass is 16.2. The molecule has 1 amide bonds. The third kappa shape index (κ3) is 3.75. The van der Waals surface area contributed by atoms with Gasteiger partial charge < -0.3 is 14.8 Å². The van der Waals surface area contributed by atoms with Crippen molar-refractivity contribution >= 4 is 22.8 Å². The van der Waals surface area contributed by atoms with Crippen LogP contribution in [0.15, 0.2) is 53.8 Å². The van der Waals surface area contributed by atoms with Gasteiger partial charge in [0.05, 0.1) is 11.6 Å². The van der Waals surface area contributed by atoms with Crippen molar-refractivity contribution in [3.8, 4) is 0 Å². The Morgan fingerprint density at radius 3 is 2.79 bits per heavy atom. The van der Waals surface area contributed by atoms with E-state index < -0.39 is 0 Å². The minimum absolute atomic E-state index is 0.242. The minimum atomic E-state index is -0.338. The van der Waals surface area contributed by atoms with Crippen molar-refractivity contribution in [3.63, 3.8) is 0 Å². The van der Waals surface area contributed by atoms with E-state index in [9.17, 15) is 9.59 Å². The molecule has 0 saturated carbocycles. The van der Waals surface area contributed by atoms with Crippen molar-refractivity contribution in [2.75, 3.05) is 18.5 Å². The number of amides is 1. The van der Waals surface area contributed by atoms with Gasteiger partial charge in [0.15, 0.2) is 5.65 Å². The van der Waals surface area contributed by atoms with Crippen LogP contribution in [0.2, 0.25) is 0 Å². The Balaban J connectivity index is 1.53. The predicted octanol–water partition coefficient (Wildman–Crippen LogP) is 1.69. The van der Waals surface area contributed by atoms with Crippen molar-refractivity contribution in [1.82, 2.24) is 29.6 Å². The zero-order valence-corrected chi connectivity index (χ0v) is 18.7. The van der Waals surface area contributed by atoms with Crippen LogP contribution in [-0.2, 0) is 33.0 Å². The van der Waals surface area contributed by atoms with Crippen LogP contribution in [0.1, 0.15) is 27.0 Å². The van der Waals surface area contributed by atoms with Crippen LogP contribution >= 0.6 is 0 Å². The van der Waals surface area contributed by atoms with Gasteiger partial charge >= 0.3 is 0 Å². The first-order valence-corrected chi connectivity index (χ1v) is 11.0. The van der Waals surface area contributed by atoms with Gasteiger partial charge in [-0.1, -0.05) is 30.3 Å². The topological polar surface area (TPSA) is 97.9 Å². The molecule has 168 valence electrons. The molecular weight excluding hydrogens is 418 g/mol. The summed E-state index contributed by atoms with van der Waals surface area (Å²) >= 11 is 0. The number of carbonyl (C=O) groups is 1. The molecule has 1 N–H and O–H groups in total. The highest BCUT2D eigenvalue weighted by Crippen LogP contribution is 2.28. The number of hydrogen-bond acceptors (Lipinski definition) is 6. The van der Waals surface area contributed by atoms with E-state index in [0.29, 0.717) is 32.5 Å². The van der Waals surface area contributed by atoms with Gasteiger partial charge in [0.2, 0.25) is 0 Å². The molecule has 0 atom stereocenters. The highest BCUT2D eigenvalue weighted by molar-refractivity contribution is 5.95. The van der Waals surface area contributed by atoms with Gasteiger partial charge in [-0.3, -0.25) is 14.3 Å². The van der Waals surface area contributed by atoms with Crippen LogP contribution in [0.3, 0.4) is 0 Å². The van der Waals surface area contributed by atoms with Crippen LogP contribution in [0, 0.1) is 0 Å². The monoisotopic (exact) mass is 443 g/mol. The van der Waals surface area contributed by atoms with E-state index in [0.717, 1.165) is 33.5 Å². The summed E-state index contributed by atoms with van der Waals surface area (Å²) in [5, 5.41) is 7.84. The molecular formula is C24H25N7O2. The van der Waals surface area contributed by atoms with Gasteiger partial charge in [-0.05, 0) is 29.5 Å². The first-order chi connectivity index (χ1) is 16.1. The van der Waals surface area contributed by atoms with E-state index in [2.05, 4.69) is 25.3 Å². The molecule has 33 heavy (non-hydrogen) atoms. The largest absolute Gasteiger partial charge is 0.355 e. The Kier molecular flexibility index (Phi) is 5.37. The summed E-state index contributed by atoms with van der Waals surface area (Å²) in [5.74, 6) is 0.470. The molecule has 9 heteroatoms. The van der Waals surface area contributed by atoms with Gasteiger partial charge in [0, 0.05) is 39.9 Å². The molecule has 0 spiro atoms. The lowest BCUT2D eigenvalue weighted by atomic mass is 9.95. The highest BCUT2D eigenvalue weighted by Gasteiger charge is 2.27. The van der Waals surface area contributed by atoms with Gasteiger partial charge in [-0.25, -0.2) is 9.97 Å². The fourth-order valence-electron chi connectivity index (χ4n) is 4.51. The molecule has 1 aliphatic rings. The number of aromatic nitrogens is 5. The molecule has 0 radical (unpaired) electrons. The quantitative estimate of drug-likeness (QED) is 0.504. The van der Waals surface area contributed by atoms with Crippen LogP contribution < -0.4 is 15.8 Å². The summed E-state index contributed by atoms with van der Waals surface area (Å²) in [5.41, 5.74) is 3.70. The number of benzene rings is 1. The zero-order chi connectivity index (χ0) is 22.9. The summed E-state index contributed by atoms with van der Waals surface area (Å²) < 4.78 is 3.39. The summed E-state index contributed by atoms with van der Waals surface area (Å²) in [7, 11) is 3.41. The average molecular weight is 444 g/mol. The van der Waals surface area contributed by atoms with E-state index in [1.165, 1.54) is 0 Å². The molecule has 1 aliphatic heterocycles. The number of pyridine rings is 1. The standard InChI is InChI=1S/C24H25N7O2/c1-25-23(32)20-18-9-11-30(22-19-12-28-29(2)21(19)26-15-27-22)13-17(18)14-31(24(20)33)10-8-16-6-4-3-5-7-16/h3-7,12,14-15H,8-11,13H2,1-2H3,(H,25,32). The lowest BCUT2D eigenvalue weighted by Gasteiger charge is -2.31. The van der Waals surface area contributed by atoms with Crippen molar-refractivity contribution in [2.45, 2.75) is 25.9 Å². The summed E-state index contributed by atoms with van der Waals surface area (Å²) in [6.45, 7) is 1.69. The second-order valence-electron chi connectivity index (χ2n) is 8.20. The Morgan fingerprint density at radius 1 is 1.18 bits per heavy atom. The van der Waals surface area contributed by atoms with Crippen molar-refractivity contribution in [2.24, 2.45) is 7.05 Å². The maximum Gasteiger partial charge on any atom is 0.263 e. The smallest absolute Gasteiger partial charge is 0.263 e. The predicted molar refractivity (Wildman–Crippen MR) is 125 cm³/mol. The second kappa shape index (κ2) is 8.50. The van der Waals surface area contributed by atoms with Crippen LogP contribution in [0.25, 0.3) is 11.0 Å². The van der Waals surface area contributed by atoms with Gasteiger partial charge in [-0.2, -0.15) is 5.10 Å². The average Bonchev–Trinajstić information content (AvgIpc) is 3.23.